The minimum atomic E-state index is -1.05. The van der Waals surface area contributed by atoms with Crippen LogP contribution in [0, 0.1) is 11.3 Å². The summed E-state index contributed by atoms with van der Waals surface area (Å²) in [5.74, 6) is 0.315. The molecule has 26 heavy (non-hydrogen) atoms. The summed E-state index contributed by atoms with van der Waals surface area (Å²) in [6, 6.07) is 5.40. The number of nitrogens with zero attached hydrogens (tertiary/aromatic N) is 2. The number of amidine groups is 1. The molecule has 0 amide bonds. The zero-order valence-corrected chi connectivity index (χ0v) is 15.1. The Morgan fingerprint density at radius 2 is 2.23 bits per heavy atom. The lowest BCUT2D eigenvalue weighted by atomic mass is 9.90. The number of aliphatic imine (C=N–C) groups is 1. The van der Waals surface area contributed by atoms with Gasteiger partial charge in [0.25, 0.3) is 0 Å². The van der Waals surface area contributed by atoms with Crippen LogP contribution in [0.5, 0.6) is 0 Å². The fourth-order valence-electron chi connectivity index (χ4n) is 2.81. The third-order valence-electron chi connectivity index (χ3n) is 4.15. The van der Waals surface area contributed by atoms with Crippen molar-refractivity contribution in [1.29, 1.82) is 5.41 Å². The molecule has 1 aromatic rings. The van der Waals surface area contributed by atoms with Gasteiger partial charge < -0.3 is 16.8 Å². The zero-order valence-electron chi connectivity index (χ0n) is 14.3. The molecule has 8 heteroatoms. The van der Waals surface area contributed by atoms with Crippen molar-refractivity contribution in [3.05, 3.63) is 70.4 Å². The molecule has 0 saturated carbocycles. The molecular weight excluding hydrogens is 348 g/mol. The summed E-state index contributed by atoms with van der Waals surface area (Å²) >= 11 is 0. The van der Waals surface area contributed by atoms with Crippen molar-refractivity contribution in [1.82, 2.24) is 10.3 Å². The number of nitrogens with one attached hydrogen (secondary N) is 2. The van der Waals surface area contributed by atoms with Gasteiger partial charge in [0, 0.05) is 52.2 Å². The predicted molar refractivity (Wildman–Crippen MR) is 105 cm³/mol. The Balaban J connectivity index is 1.85. The molecule has 0 saturated heterocycles. The highest BCUT2D eigenvalue weighted by Gasteiger charge is 2.23. The van der Waals surface area contributed by atoms with Crippen molar-refractivity contribution in [2.45, 2.75) is 6.42 Å². The van der Waals surface area contributed by atoms with Gasteiger partial charge in [-0.05, 0) is 30.2 Å². The van der Waals surface area contributed by atoms with Gasteiger partial charge in [0.15, 0.2) is 0 Å². The van der Waals surface area contributed by atoms with E-state index in [4.69, 9.17) is 16.9 Å². The van der Waals surface area contributed by atoms with Crippen LogP contribution >= 0.6 is 0 Å². The Morgan fingerprint density at radius 3 is 2.77 bits per heavy atom. The third kappa shape index (κ3) is 3.65. The monoisotopic (exact) mass is 368 g/mol. The molecule has 0 aromatic carbocycles. The number of pyridine rings is 1. The van der Waals surface area contributed by atoms with Gasteiger partial charge in [-0.3, -0.25) is 14.6 Å². The first-order valence-corrected chi connectivity index (χ1v) is 9.54. The van der Waals surface area contributed by atoms with Gasteiger partial charge in [0.2, 0.25) is 0 Å². The number of rotatable bonds is 4. The first-order valence-electron chi connectivity index (χ1n) is 7.98. The van der Waals surface area contributed by atoms with E-state index in [0.717, 1.165) is 10.5 Å². The average Bonchev–Trinajstić information content (AvgIpc) is 2.63. The Kier molecular flexibility index (Phi) is 5.13. The number of allylic oxidation sites excluding steroid dienone is 3. The Hall–Kier alpha value is -3.00. The van der Waals surface area contributed by atoms with Crippen molar-refractivity contribution >= 4 is 28.4 Å². The first-order chi connectivity index (χ1) is 12.5. The summed E-state index contributed by atoms with van der Waals surface area (Å²) in [4.78, 5) is 9.41. The highest BCUT2D eigenvalue weighted by molar-refractivity contribution is 7.88. The van der Waals surface area contributed by atoms with Crippen molar-refractivity contribution in [3.63, 3.8) is 0 Å². The van der Waals surface area contributed by atoms with Crippen molar-refractivity contribution in [2.75, 3.05) is 6.26 Å². The lowest BCUT2D eigenvalue weighted by molar-refractivity contribution is 0.687. The highest BCUT2D eigenvalue weighted by atomic mass is 32.2. The van der Waals surface area contributed by atoms with Crippen molar-refractivity contribution < 1.29 is 4.21 Å². The molecule has 2 unspecified atom stereocenters. The molecule has 1 aliphatic heterocycles. The summed E-state index contributed by atoms with van der Waals surface area (Å²) < 4.78 is 11.6. The number of aromatic nitrogens is 1. The van der Waals surface area contributed by atoms with Gasteiger partial charge in [0.1, 0.15) is 11.7 Å². The van der Waals surface area contributed by atoms with E-state index in [1.165, 1.54) is 0 Å². The minimum Gasteiger partial charge on any atom is -0.401 e. The number of hydrogen-bond acceptors (Lipinski definition) is 6. The molecule has 2 aliphatic rings. The maximum Gasteiger partial charge on any atom is 0.143 e. The lowest BCUT2D eigenvalue weighted by Crippen LogP contribution is -2.24. The van der Waals surface area contributed by atoms with E-state index in [2.05, 4.69) is 15.3 Å². The van der Waals surface area contributed by atoms with E-state index in [0.29, 0.717) is 29.2 Å². The quantitative estimate of drug-likeness (QED) is 0.471. The van der Waals surface area contributed by atoms with E-state index in [1.54, 1.807) is 43.1 Å². The second-order valence-electron chi connectivity index (χ2n) is 5.89. The Bertz CT molecular complexity index is 911. The van der Waals surface area contributed by atoms with Crippen molar-refractivity contribution in [3.8, 4) is 0 Å². The summed E-state index contributed by atoms with van der Waals surface area (Å²) in [6.45, 7) is 0. The molecular formula is C18H20N6OS. The van der Waals surface area contributed by atoms with Crippen LogP contribution in [0.4, 0.5) is 0 Å². The molecule has 0 fully saturated rings. The number of nitrogens with two attached hydrogens (primary N) is 2. The van der Waals surface area contributed by atoms with E-state index >= 15 is 0 Å². The minimum absolute atomic E-state index is 0.0317. The topological polar surface area (TPSA) is 130 Å². The average molecular weight is 368 g/mol. The fraction of sp³-hybridized carbons (Fsp3) is 0.167. The van der Waals surface area contributed by atoms with Crippen LogP contribution in [0.25, 0.3) is 5.57 Å². The Labute approximate surface area is 154 Å². The van der Waals surface area contributed by atoms with E-state index < -0.39 is 10.8 Å². The third-order valence-corrected chi connectivity index (χ3v) is 5.09. The van der Waals surface area contributed by atoms with Gasteiger partial charge in [-0.25, -0.2) is 4.99 Å². The van der Waals surface area contributed by atoms with Crippen LogP contribution in [0.3, 0.4) is 0 Å². The van der Waals surface area contributed by atoms with Gasteiger partial charge in [0.05, 0.1) is 11.3 Å². The van der Waals surface area contributed by atoms with E-state index in [1.807, 2.05) is 12.1 Å². The maximum absolute atomic E-state index is 11.6. The number of hydrogen-bond donors (Lipinski definition) is 4. The molecule has 1 aromatic heterocycles. The predicted octanol–water partition coefficient (Wildman–Crippen LogP) is 1.37. The molecule has 0 spiro atoms. The summed E-state index contributed by atoms with van der Waals surface area (Å²) in [7, 11) is -1.05. The molecule has 3 rings (SSSR count). The van der Waals surface area contributed by atoms with Crippen LogP contribution in [0.1, 0.15) is 12.1 Å². The summed E-state index contributed by atoms with van der Waals surface area (Å²) in [5, 5.41) is 10.9. The fourth-order valence-corrected chi connectivity index (χ4v) is 3.45. The summed E-state index contributed by atoms with van der Waals surface area (Å²) in [6.07, 6.45) is 11.2. The smallest absolute Gasteiger partial charge is 0.143 e. The van der Waals surface area contributed by atoms with Crippen LogP contribution < -0.4 is 16.8 Å². The normalized spacial score (nSPS) is 22.5. The van der Waals surface area contributed by atoms with E-state index in [9.17, 15) is 4.21 Å². The molecule has 134 valence electrons. The second kappa shape index (κ2) is 7.49. The van der Waals surface area contributed by atoms with Gasteiger partial charge in [-0.1, -0.05) is 12.1 Å². The molecule has 2 heterocycles. The molecule has 1 aliphatic carbocycles. The van der Waals surface area contributed by atoms with Crippen LogP contribution in [0.15, 0.2) is 69.7 Å². The standard InChI is InChI=1S/C18H20N6OS/c1-26(25)12-5-6-13(14(19)8-12)11-9-23-18(24-10-11)16(17(20)21)15-4-2-3-7-22-15/h2-5,7-10,13,23H,6,19H2,1H3,(H3,20,21)/b18-16-. The molecule has 0 bridgehead atoms. The van der Waals surface area contributed by atoms with E-state index in [-0.39, 0.29) is 11.8 Å². The molecule has 7 nitrogen and oxygen atoms in total. The molecule has 6 N–H and O–H groups in total. The van der Waals surface area contributed by atoms with Crippen molar-refractivity contribution in [2.24, 2.45) is 22.4 Å². The molecule has 2 atom stereocenters. The highest BCUT2D eigenvalue weighted by Crippen LogP contribution is 2.29. The summed E-state index contributed by atoms with van der Waals surface area (Å²) in [5.41, 5.74) is 14.5. The second-order valence-corrected chi connectivity index (χ2v) is 7.27. The van der Waals surface area contributed by atoms with Crippen LogP contribution in [-0.2, 0) is 10.8 Å². The first kappa shape index (κ1) is 17.8. The van der Waals surface area contributed by atoms with Gasteiger partial charge >= 0.3 is 0 Å². The Morgan fingerprint density at radius 1 is 1.42 bits per heavy atom. The molecule has 0 radical (unpaired) electrons. The SMILES string of the molecule is CS(=O)C1=CCC(C2=CN/C(=C(/C(=N)N)c3ccccn3)N=C2)C(N)=C1. The van der Waals surface area contributed by atoms with Gasteiger partial charge in [-0.2, -0.15) is 0 Å². The zero-order chi connectivity index (χ0) is 18.7. The van der Waals surface area contributed by atoms with Gasteiger partial charge in [-0.15, -0.1) is 0 Å². The maximum atomic E-state index is 11.6. The lowest BCUT2D eigenvalue weighted by Gasteiger charge is -2.24. The van der Waals surface area contributed by atoms with Crippen LogP contribution in [0.2, 0.25) is 0 Å². The largest absolute Gasteiger partial charge is 0.401 e. The van der Waals surface area contributed by atoms with Crippen LogP contribution in [-0.4, -0.2) is 27.5 Å².